The number of hydrogen-bond acceptors (Lipinski definition) is 12. The third-order valence-electron chi connectivity index (χ3n) is 38.4. The number of carbonyl (C=O) groups excluding carboxylic acids is 6. The van der Waals surface area contributed by atoms with Crippen molar-refractivity contribution < 1.29 is 58.3 Å². The van der Waals surface area contributed by atoms with Gasteiger partial charge >= 0.3 is 17.9 Å². The van der Waals surface area contributed by atoms with E-state index in [4.69, 9.17) is 14.2 Å². The van der Waals surface area contributed by atoms with Gasteiger partial charge in [-0.15, -0.1) is 0 Å². The van der Waals surface area contributed by atoms with Crippen molar-refractivity contribution in [2.24, 2.45) is 71.0 Å². The minimum absolute atomic E-state index is 0.262. The van der Waals surface area contributed by atoms with Gasteiger partial charge in [0.2, 0.25) is 11.2 Å². The molecule has 0 aromatic carbocycles. The third kappa shape index (κ3) is 47.7. The van der Waals surface area contributed by atoms with Gasteiger partial charge in [0.25, 0.3) is 5.60 Å². The quantitative estimate of drug-likeness (QED) is 0.0297. The second-order valence-electron chi connectivity index (χ2n) is 50.3. The molecular formula is C132H240O12. The van der Waals surface area contributed by atoms with Crippen molar-refractivity contribution in [3.05, 3.63) is 0 Å². The fourth-order valence-corrected chi connectivity index (χ4v) is 28.4. The molecule has 0 aliphatic heterocycles. The summed E-state index contributed by atoms with van der Waals surface area (Å²) in [5.41, 5.74) is -10.2. The largest absolute Gasteiger partial charge is 0.443 e. The monoisotopic (exact) mass is 2020 g/mol. The van der Waals surface area contributed by atoms with Crippen LogP contribution in [0.4, 0.5) is 0 Å². The zero-order chi connectivity index (χ0) is 103. The molecule has 0 spiro atoms. The van der Waals surface area contributed by atoms with Gasteiger partial charge in [0.15, 0.2) is 17.3 Å². The molecule has 7 aliphatic rings. The van der Waals surface area contributed by atoms with Crippen LogP contribution in [0.1, 0.15) is 696 Å². The molecule has 6 atom stereocenters. The summed E-state index contributed by atoms with van der Waals surface area (Å²) in [6.45, 7) is 13.7. The molecule has 12 nitrogen and oxygen atoms in total. The van der Waals surface area contributed by atoms with Gasteiger partial charge in [-0.3, -0.25) is 28.8 Å². The lowest BCUT2D eigenvalue weighted by atomic mass is 9.49. The predicted octanol–water partition coefficient (Wildman–Crippen LogP) is 39.0. The van der Waals surface area contributed by atoms with Crippen molar-refractivity contribution in [1.29, 1.82) is 0 Å². The summed E-state index contributed by atoms with van der Waals surface area (Å²) in [4.78, 5) is 106. The third-order valence-corrected chi connectivity index (χ3v) is 38.4. The number of ether oxygens (including phenoxy) is 3. The minimum Gasteiger partial charge on any atom is -0.443 e. The molecule has 0 aromatic rings. The van der Waals surface area contributed by atoms with E-state index in [0.29, 0.717) is 120 Å². The Kier molecular flexibility index (Phi) is 72.1. The molecule has 0 unspecified atom stereocenters. The number of Topliss-reactive ketones (excluding diaryl/α,β-unsaturated/α-hetero) is 3. The first-order valence-electron chi connectivity index (χ1n) is 65.9. The lowest BCUT2D eigenvalue weighted by Gasteiger charge is -2.63. The topological polar surface area (TPSA) is 191 Å². The Morgan fingerprint density at radius 3 is 0.465 bits per heavy atom. The second kappa shape index (κ2) is 81.0. The molecule has 0 saturated heterocycles. The average Bonchev–Trinajstić information content (AvgIpc) is 0.656. The van der Waals surface area contributed by atoms with E-state index >= 15 is 28.8 Å². The highest BCUT2D eigenvalue weighted by Crippen LogP contribution is 2.60. The second-order valence-corrected chi connectivity index (χ2v) is 50.3. The molecule has 12 heteroatoms. The number of hydrogen-bond donors (Lipinski definition) is 3. The highest BCUT2D eigenvalue weighted by Gasteiger charge is 2.89. The number of aliphatic hydroxyl groups is 3. The molecule has 0 radical (unpaired) electrons. The lowest BCUT2D eigenvalue weighted by molar-refractivity contribution is -0.329. The Bertz CT molecular complexity index is 2980. The maximum absolute atomic E-state index is 18.8. The Morgan fingerprint density at radius 1 is 0.174 bits per heavy atom. The molecule has 0 bridgehead atoms. The van der Waals surface area contributed by atoms with Crippen molar-refractivity contribution in [3.63, 3.8) is 0 Å². The van der Waals surface area contributed by atoms with E-state index in [-0.39, 0.29) is 30.6 Å². The summed E-state index contributed by atoms with van der Waals surface area (Å²) in [7, 11) is 0. The number of carbonyl (C=O) groups is 6. The Hall–Kier alpha value is -2.70. The van der Waals surface area contributed by atoms with E-state index in [1.807, 2.05) is 0 Å². The number of aliphatic hydroxyl groups excluding tert-OH is 3. The molecule has 0 heterocycles. The molecule has 7 saturated carbocycles. The number of unbranched alkanes of at least 4 members (excludes halogenated alkanes) is 66. The van der Waals surface area contributed by atoms with Gasteiger partial charge in [0.05, 0.1) is 17.8 Å². The molecule has 7 rings (SSSR count). The van der Waals surface area contributed by atoms with E-state index in [1.54, 1.807) is 0 Å². The van der Waals surface area contributed by atoms with Crippen LogP contribution >= 0.6 is 0 Å². The van der Waals surface area contributed by atoms with Gasteiger partial charge in [-0.25, -0.2) is 0 Å². The Labute approximate surface area is 890 Å². The van der Waals surface area contributed by atoms with Crippen LogP contribution in [0, 0.1) is 71.0 Å². The van der Waals surface area contributed by atoms with Crippen LogP contribution in [-0.2, 0) is 43.0 Å². The van der Waals surface area contributed by atoms with Crippen LogP contribution in [0.5, 0.6) is 0 Å². The van der Waals surface area contributed by atoms with Gasteiger partial charge in [0.1, 0.15) is 18.3 Å². The molecule has 3 N–H and O–H groups in total. The van der Waals surface area contributed by atoms with Crippen LogP contribution in [0.15, 0.2) is 0 Å². The number of ketones is 3. The zero-order valence-electron chi connectivity index (χ0n) is 96.3. The fourth-order valence-electron chi connectivity index (χ4n) is 28.4. The highest BCUT2D eigenvalue weighted by atomic mass is 16.7. The lowest BCUT2D eigenvalue weighted by Crippen LogP contribution is -2.92. The van der Waals surface area contributed by atoms with E-state index in [2.05, 4.69) is 41.5 Å². The number of esters is 3. The van der Waals surface area contributed by atoms with Gasteiger partial charge in [-0.05, 0) is 190 Å². The molecule has 7 fully saturated rings. The fraction of sp³-hybridized carbons (Fsp3) is 0.955. The molecular weight excluding hydrogens is 1780 g/mol. The molecule has 0 aromatic heterocycles. The van der Waals surface area contributed by atoms with Gasteiger partial charge in [0, 0.05) is 17.8 Å². The first-order valence-corrected chi connectivity index (χ1v) is 65.9. The van der Waals surface area contributed by atoms with Crippen LogP contribution in [0.25, 0.3) is 0 Å². The van der Waals surface area contributed by atoms with Crippen molar-refractivity contribution in [1.82, 2.24) is 0 Å². The molecule has 144 heavy (non-hydrogen) atoms. The number of rotatable bonds is 90. The maximum atomic E-state index is 18.8. The summed E-state index contributed by atoms with van der Waals surface area (Å²) in [6.07, 6.45) is 102. The van der Waals surface area contributed by atoms with E-state index in [0.717, 1.165) is 141 Å². The van der Waals surface area contributed by atoms with Gasteiger partial charge in [-0.1, -0.05) is 542 Å². The van der Waals surface area contributed by atoms with Crippen molar-refractivity contribution in [3.8, 4) is 0 Å². The first kappa shape index (κ1) is 128. The standard InChI is InChI=1S/C132H240O12/c1-7-13-19-25-31-37-43-49-55-61-67-73-79-109-85-97-115(98-86-109)122(134)130(142-127(139)118-103-91-112(92-104-118)82-76-70-64-58-52-46-40-34-28-22-16-10-4)125(137)121(133)126(138)131(123(135)116-99-87-110(88-100-116)80-74-68-62-56-50-44-38-32-26-20-14-8-2,143-128(140)119-105-93-113(94-106-119)83-77-71-65-59-53-47-41-35-29-23-17-11-5)132(130,124(136)117-101-89-111(90-102-117)81-75-69-63-57-51-45-39-33-27-21-15-9-3)144-129(141)120-107-95-114(96-108-120)84-78-72-66-60-54-48-42-36-30-24-18-12-6/h109-121,125-126,133,137-138H,7-108H2,1-6H3/t109-,110-,111-,112-,113-,114-,115-,116-,117-,118-,119-,120-,121-,125-,126+,130+,131-,132-. The maximum Gasteiger partial charge on any atom is 0.310 e. The van der Waals surface area contributed by atoms with Crippen LogP contribution in [0.2, 0.25) is 0 Å². The smallest absolute Gasteiger partial charge is 0.310 e. The molecule has 0 amide bonds. The van der Waals surface area contributed by atoms with Crippen LogP contribution in [0.3, 0.4) is 0 Å². The van der Waals surface area contributed by atoms with E-state index < -0.39 is 106 Å². The summed E-state index contributed by atoms with van der Waals surface area (Å²) < 4.78 is 22.9. The summed E-state index contributed by atoms with van der Waals surface area (Å²) in [6, 6.07) is 0. The molecule has 840 valence electrons. The van der Waals surface area contributed by atoms with Crippen LogP contribution in [-0.4, -0.2) is 85.7 Å². The highest BCUT2D eigenvalue weighted by molar-refractivity contribution is 6.12. The minimum atomic E-state index is -3.47. The van der Waals surface area contributed by atoms with Crippen molar-refractivity contribution in [2.75, 3.05) is 0 Å². The van der Waals surface area contributed by atoms with E-state index in [9.17, 15) is 15.3 Å². The zero-order valence-corrected chi connectivity index (χ0v) is 96.3. The summed E-state index contributed by atoms with van der Waals surface area (Å²) >= 11 is 0. The van der Waals surface area contributed by atoms with Crippen LogP contribution < -0.4 is 0 Å². The Balaban J connectivity index is 1.31. The predicted molar refractivity (Wildman–Crippen MR) is 606 cm³/mol. The molecule has 7 aliphatic carbocycles. The van der Waals surface area contributed by atoms with Crippen molar-refractivity contribution >= 4 is 35.3 Å². The average molecular weight is 2020 g/mol. The first-order chi connectivity index (χ1) is 70.6. The van der Waals surface area contributed by atoms with Crippen molar-refractivity contribution in [2.45, 2.75) is 732 Å². The van der Waals surface area contributed by atoms with Gasteiger partial charge < -0.3 is 29.5 Å². The summed E-state index contributed by atoms with van der Waals surface area (Å²) in [5.74, 6) is -8.67. The van der Waals surface area contributed by atoms with Gasteiger partial charge in [-0.2, -0.15) is 0 Å². The summed E-state index contributed by atoms with van der Waals surface area (Å²) in [5, 5.41) is 43.0. The van der Waals surface area contributed by atoms with E-state index in [1.165, 1.54) is 398 Å². The Morgan fingerprint density at radius 2 is 0.306 bits per heavy atom. The SMILES string of the molecule is CCCCCCCCCCCCCC[C@H]1CC[C@H](C(=O)O[C@@]2(C(=O)[C@H]3CC[C@H](CCCCCCCCCCCCCC)CC3)[C@@](OC(=O)[C@H]3CC[C@H](CCCCCCCCCCCCCC)CC3)(C(=O)[C@H]3CC[C@H](CCCCCCCCCCCCCC)CC3)[C@@H](O)[C@H](O)[C@@H](O)[C@@]2(OC(=O)[C@H]2CC[C@H](CCCCCCCCCCCCCC)CC2)C(=O)[C@H]2CC[C@H](CCCCCCCCCCCCCC)CC2)CC1. The normalized spacial score (nSPS) is 26.9.